The number of rotatable bonds is 7. The third-order valence-corrected chi connectivity index (χ3v) is 11.9. The van der Waals surface area contributed by atoms with Gasteiger partial charge in [0.25, 0.3) is 0 Å². The SMILES string of the molecule is c1ccc2cc(-c3ccc(N(c4ccc(-c5cccc6ccccc56)cc4)c4cc(-c5cccc6ccccc56)ccc4-c4cccc5ccccc45)cc3)ccc2c1. The molecule has 0 aliphatic heterocycles. The highest BCUT2D eigenvalue weighted by molar-refractivity contribution is 6.04. The Morgan fingerprint density at radius 2 is 0.644 bits per heavy atom. The summed E-state index contributed by atoms with van der Waals surface area (Å²) in [6.07, 6.45) is 0. The van der Waals surface area contributed by atoms with Crippen LogP contribution in [0.4, 0.5) is 17.1 Å². The van der Waals surface area contributed by atoms with Crippen LogP contribution in [-0.2, 0) is 0 Å². The summed E-state index contributed by atoms with van der Waals surface area (Å²) in [7, 11) is 0. The standard InChI is InChI=1S/C58H39N/c1-2-16-46-38-47(27-26-40(46)12-1)41-28-33-49(34-29-41)59(50-35-30-45(31-36-50)53-23-9-17-42-13-3-6-20-51(42)53)58-39-48(55-24-10-18-43-14-4-7-21-52(43)55)32-37-57(58)56-25-11-19-44-15-5-8-22-54(44)56/h1-39H. The number of hydrogen-bond acceptors (Lipinski definition) is 1. The van der Waals surface area contributed by atoms with Crippen molar-refractivity contribution in [3.05, 3.63) is 237 Å². The molecule has 11 rings (SSSR count). The maximum Gasteiger partial charge on any atom is 0.0546 e. The molecule has 0 spiro atoms. The zero-order valence-corrected chi connectivity index (χ0v) is 32.5. The van der Waals surface area contributed by atoms with E-state index in [9.17, 15) is 0 Å². The zero-order valence-electron chi connectivity index (χ0n) is 32.5. The van der Waals surface area contributed by atoms with E-state index in [0.29, 0.717) is 0 Å². The first-order valence-electron chi connectivity index (χ1n) is 20.3. The summed E-state index contributed by atoms with van der Waals surface area (Å²) in [5, 5.41) is 9.91. The van der Waals surface area contributed by atoms with Crippen LogP contribution in [0, 0.1) is 0 Å². The predicted molar refractivity (Wildman–Crippen MR) is 253 cm³/mol. The fourth-order valence-corrected chi connectivity index (χ4v) is 8.92. The van der Waals surface area contributed by atoms with Gasteiger partial charge in [-0.2, -0.15) is 0 Å². The molecule has 0 aromatic heterocycles. The second-order valence-corrected chi connectivity index (χ2v) is 15.3. The summed E-state index contributed by atoms with van der Waals surface area (Å²) >= 11 is 0. The van der Waals surface area contributed by atoms with E-state index in [-0.39, 0.29) is 0 Å². The normalized spacial score (nSPS) is 11.4. The Labute approximate surface area is 344 Å². The average molecular weight is 750 g/mol. The molecule has 0 fully saturated rings. The molecule has 0 radical (unpaired) electrons. The van der Waals surface area contributed by atoms with Crippen LogP contribution in [0.15, 0.2) is 237 Å². The number of nitrogens with zero attached hydrogens (tertiary/aromatic N) is 1. The van der Waals surface area contributed by atoms with Crippen molar-refractivity contribution in [1.29, 1.82) is 0 Å². The van der Waals surface area contributed by atoms with Gasteiger partial charge < -0.3 is 4.90 Å². The van der Waals surface area contributed by atoms with E-state index in [1.54, 1.807) is 0 Å². The molecule has 1 nitrogen and oxygen atoms in total. The summed E-state index contributed by atoms with van der Waals surface area (Å²) in [5.41, 5.74) is 12.9. The quantitative estimate of drug-likeness (QED) is 0.157. The fraction of sp³-hybridized carbons (Fsp3) is 0. The Balaban J connectivity index is 1.13. The van der Waals surface area contributed by atoms with Crippen LogP contribution in [0.1, 0.15) is 0 Å². The Hall–Kier alpha value is -7.74. The highest BCUT2D eigenvalue weighted by atomic mass is 15.1. The Morgan fingerprint density at radius 3 is 1.24 bits per heavy atom. The molecule has 0 bridgehead atoms. The van der Waals surface area contributed by atoms with Gasteiger partial charge in [0, 0.05) is 16.9 Å². The minimum Gasteiger partial charge on any atom is -0.310 e. The third-order valence-electron chi connectivity index (χ3n) is 11.9. The van der Waals surface area contributed by atoms with Crippen LogP contribution in [-0.4, -0.2) is 0 Å². The molecule has 1 heteroatoms. The fourth-order valence-electron chi connectivity index (χ4n) is 8.92. The minimum absolute atomic E-state index is 1.09. The first-order valence-corrected chi connectivity index (χ1v) is 20.3. The van der Waals surface area contributed by atoms with Crippen molar-refractivity contribution >= 4 is 60.2 Å². The molecule has 276 valence electrons. The summed E-state index contributed by atoms with van der Waals surface area (Å²) < 4.78 is 0. The van der Waals surface area contributed by atoms with Crippen LogP contribution in [0.3, 0.4) is 0 Å². The molecule has 0 saturated heterocycles. The summed E-state index contributed by atoms with van der Waals surface area (Å²) in [6.45, 7) is 0. The van der Waals surface area contributed by atoms with Gasteiger partial charge in [0.15, 0.2) is 0 Å². The van der Waals surface area contributed by atoms with E-state index in [1.807, 2.05) is 0 Å². The van der Waals surface area contributed by atoms with Crippen molar-refractivity contribution in [2.24, 2.45) is 0 Å². The van der Waals surface area contributed by atoms with Crippen molar-refractivity contribution in [3.63, 3.8) is 0 Å². The second-order valence-electron chi connectivity index (χ2n) is 15.3. The third kappa shape index (κ3) is 6.30. The van der Waals surface area contributed by atoms with Crippen LogP contribution in [0.2, 0.25) is 0 Å². The monoisotopic (exact) mass is 749 g/mol. The van der Waals surface area contributed by atoms with Crippen molar-refractivity contribution in [1.82, 2.24) is 0 Å². The Kier molecular flexibility index (Phi) is 8.56. The number of hydrogen-bond donors (Lipinski definition) is 0. The van der Waals surface area contributed by atoms with Crippen LogP contribution in [0.5, 0.6) is 0 Å². The molecule has 0 unspecified atom stereocenters. The molecule has 11 aromatic carbocycles. The Morgan fingerprint density at radius 1 is 0.220 bits per heavy atom. The topological polar surface area (TPSA) is 3.24 Å². The lowest BCUT2D eigenvalue weighted by molar-refractivity contribution is 1.28. The predicted octanol–water partition coefficient (Wildman–Crippen LogP) is 16.4. The highest BCUT2D eigenvalue weighted by Gasteiger charge is 2.21. The first kappa shape index (κ1) is 34.5. The van der Waals surface area contributed by atoms with Gasteiger partial charge in [-0.25, -0.2) is 0 Å². The lowest BCUT2D eigenvalue weighted by Crippen LogP contribution is -2.11. The number of anilines is 3. The maximum atomic E-state index is 2.45. The van der Waals surface area contributed by atoms with Crippen molar-refractivity contribution in [2.75, 3.05) is 4.90 Å². The largest absolute Gasteiger partial charge is 0.310 e. The zero-order chi connectivity index (χ0) is 39.1. The number of fused-ring (bicyclic) bond motifs is 4. The smallest absolute Gasteiger partial charge is 0.0546 e. The van der Waals surface area contributed by atoms with Gasteiger partial charge >= 0.3 is 0 Å². The summed E-state index contributed by atoms with van der Waals surface area (Å²) in [6, 6.07) is 86.5. The van der Waals surface area contributed by atoms with Gasteiger partial charge in [0.2, 0.25) is 0 Å². The summed E-state index contributed by atoms with van der Waals surface area (Å²) in [4.78, 5) is 2.45. The molecule has 0 amide bonds. The van der Waals surface area contributed by atoms with Crippen LogP contribution >= 0.6 is 0 Å². The molecule has 0 N–H and O–H groups in total. The van der Waals surface area contributed by atoms with Gasteiger partial charge in [0.05, 0.1) is 5.69 Å². The maximum absolute atomic E-state index is 2.45. The molecule has 0 heterocycles. The van der Waals surface area contributed by atoms with E-state index in [2.05, 4.69) is 241 Å². The average Bonchev–Trinajstić information content (AvgIpc) is 3.31. The van der Waals surface area contributed by atoms with Gasteiger partial charge in [-0.05, 0) is 118 Å². The molecule has 0 atom stereocenters. The van der Waals surface area contributed by atoms with Gasteiger partial charge in [-0.3, -0.25) is 0 Å². The van der Waals surface area contributed by atoms with Crippen LogP contribution in [0.25, 0.3) is 87.6 Å². The molecule has 11 aromatic rings. The Bertz CT molecular complexity index is 3310. The van der Waals surface area contributed by atoms with Gasteiger partial charge in [-0.1, -0.05) is 200 Å². The van der Waals surface area contributed by atoms with Crippen LogP contribution < -0.4 is 4.90 Å². The number of benzene rings is 11. The lowest BCUT2D eigenvalue weighted by Gasteiger charge is -2.29. The van der Waals surface area contributed by atoms with E-state index in [1.165, 1.54) is 87.6 Å². The molecular weight excluding hydrogens is 711 g/mol. The highest BCUT2D eigenvalue weighted by Crippen LogP contribution is 2.46. The molecular formula is C58H39N. The van der Waals surface area contributed by atoms with E-state index in [0.717, 1.165) is 17.1 Å². The summed E-state index contributed by atoms with van der Waals surface area (Å²) in [5.74, 6) is 0. The molecule has 0 aliphatic rings. The van der Waals surface area contributed by atoms with E-state index < -0.39 is 0 Å². The molecule has 59 heavy (non-hydrogen) atoms. The first-order chi connectivity index (χ1) is 29.2. The van der Waals surface area contributed by atoms with Gasteiger partial charge in [0.1, 0.15) is 0 Å². The van der Waals surface area contributed by atoms with E-state index >= 15 is 0 Å². The van der Waals surface area contributed by atoms with Crippen molar-refractivity contribution < 1.29 is 0 Å². The minimum atomic E-state index is 1.09. The molecule has 0 aliphatic carbocycles. The second kappa shape index (κ2) is 14.6. The molecule has 0 saturated carbocycles. The van der Waals surface area contributed by atoms with Gasteiger partial charge in [-0.15, -0.1) is 0 Å². The van der Waals surface area contributed by atoms with Crippen molar-refractivity contribution in [2.45, 2.75) is 0 Å². The van der Waals surface area contributed by atoms with Crippen molar-refractivity contribution in [3.8, 4) is 44.5 Å². The van der Waals surface area contributed by atoms with E-state index in [4.69, 9.17) is 0 Å². The lowest BCUT2D eigenvalue weighted by atomic mass is 9.92.